The fourth-order valence-electron chi connectivity index (χ4n) is 1.95. The fraction of sp³-hybridized carbons (Fsp3) is 0.385. The zero-order chi connectivity index (χ0) is 13.1. The van der Waals surface area contributed by atoms with E-state index in [-0.39, 0.29) is 5.56 Å². The van der Waals surface area contributed by atoms with Crippen molar-refractivity contribution in [3.63, 3.8) is 0 Å². The minimum absolute atomic E-state index is 0.265. The Bertz CT molecular complexity index is 485. The largest absolute Gasteiger partial charge is 0.496 e. The number of carbonyl (C=O) groups is 1. The molecule has 1 heterocycles. The van der Waals surface area contributed by atoms with Gasteiger partial charge in [-0.05, 0) is 25.1 Å². The predicted molar refractivity (Wildman–Crippen MR) is 68.1 cm³/mol. The van der Waals surface area contributed by atoms with Crippen molar-refractivity contribution in [2.24, 2.45) is 5.10 Å². The van der Waals surface area contributed by atoms with Crippen molar-refractivity contribution in [2.45, 2.75) is 25.9 Å². The number of hydrogen-bond acceptors (Lipinski definition) is 4. The summed E-state index contributed by atoms with van der Waals surface area (Å²) in [6, 6.07) is 5.20. The van der Waals surface area contributed by atoms with E-state index < -0.39 is 5.97 Å². The summed E-state index contributed by atoms with van der Waals surface area (Å²) in [5.74, 6) is -0.244. The number of ether oxygens (including phenoxy) is 1. The van der Waals surface area contributed by atoms with Gasteiger partial charge in [0.2, 0.25) is 0 Å². The molecule has 1 aliphatic heterocycles. The van der Waals surface area contributed by atoms with Crippen molar-refractivity contribution in [1.29, 1.82) is 0 Å². The molecule has 2 rings (SSSR count). The first-order valence-corrected chi connectivity index (χ1v) is 5.81. The fourth-order valence-corrected chi connectivity index (χ4v) is 1.95. The van der Waals surface area contributed by atoms with Gasteiger partial charge in [0.25, 0.3) is 0 Å². The van der Waals surface area contributed by atoms with Crippen LogP contribution in [0.25, 0.3) is 0 Å². The van der Waals surface area contributed by atoms with E-state index in [0.29, 0.717) is 18.3 Å². The molecule has 1 aromatic carbocycles. The summed E-state index contributed by atoms with van der Waals surface area (Å²) in [5.41, 5.74) is 1.10. The van der Waals surface area contributed by atoms with Crippen LogP contribution in [0.4, 0.5) is 0 Å². The maximum absolute atomic E-state index is 11.0. The third-order valence-electron chi connectivity index (χ3n) is 3.04. The molecule has 0 aliphatic carbocycles. The summed E-state index contributed by atoms with van der Waals surface area (Å²) in [6.07, 6.45) is 2.79. The average molecular weight is 248 g/mol. The first-order valence-electron chi connectivity index (χ1n) is 5.81. The zero-order valence-corrected chi connectivity index (χ0v) is 10.5. The molecule has 0 saturated heterocycles. The maximum Gasteiger partial charge on any atom is 0.335 e. The number of hydrogen-bond donors (Lipinski definition) is 1. The molecule has 0 aromatic heterocycles. The van der Waals surface area contributed by atoms with E-state index in [4.69, 9.17) is 9.84 Å². The molecule has 1 unspecified atom stereocenters. The quantitative estimate of drug-likeness (QED) is 0.885. The number of rotatable bonds is 4. The summed E-state index contributed by atoms with van der Waals surface area (Å²) >= 11 is 0. The van der Waals surface area contributed by atoms with Gasteiger partial charge < -0.3 is 9.84 Å². The van der Waals surface area contributed by atoms with Crippen molar-refractivity contribution in [3.8, 4) is 5.75 Å². The molecule has 0 amide bonds. The first kappa shape index (κ1) is 12.4. The van der Waals surface area contributed by atoms with Crippen LogP contribution in [0.2, 0.25) is 0 Å². The Balaban J connectivity index is 2.26. The highest BCUT2D eigenvalue weighted by atomic mass is 16.5. The van der Waals surface area contributed by atoms with Crippen LogP contribution in [-0.2, 0) is 6.54 Å². The van der Waals surface area contributed by atoms with Gasteiger partial charge in [0.05, 0.1) is 19.2 Å². The second kappa shape index (κ2) is 5.08. The topological polar surface area (TPSA) is 62.1 Å². The summed E-state index contributed by atoms with van der Waals surface area (Å²) in [6.45, 7) is 2.64. The lowest BCUT2D eigenvalue weighted by molar-refractivity contribution is 0.0696. The van der Waals surface area contributed by atoms with Gasteiger partial charge in [0, 0.05) is 24.2 Å². The number of benzene rings is 1. The van der Waals surface area contributed by atoms with Crippen molar-refractivity contribution in [1.82, 2.24) is 5.01 Å². The van der Waals surface area contributed by atoms with E-state index >= 15 is 0 Å². The van der Waals surface area contributed by atoms with Crippen LogP contribution in [0.15, 0.2) is 23.3 Å². The number of aromatic carboxylic acids is 1. The Hall–Kier alpha value is -2.04. The Morgan fingerprint density at radius 3 is 2.94 bits per heavy atom. The third kappa shape index (κ3) is 2.45. The minimum Gasteiger partial charge on any atom is -0.496 e. The standard InChI is InChI=1S/C13H16N2O3/c1-9-5-6-14-15(9)8-11-7-10(13(16)17)3-4-12(11)18-2/h3-4,6-7,9H,5,8H2,1-2H3,(H,16,17). The monoisotopic (exact) mass is 248 g/mol. The van der Waals surface area contributed by atoms with Crippen molar-refractivity contribution < 1.29 is 14.6 Å². The first-order chi connectivity index (χ1) is 8.61. The molecule has 1 aromatic rings. The molecule has 1 aliphatic rings. The highest BCUT2D eigenvalue weighted by Crippen LogP contribution is 2.24. The van der Waals surface area contributed by atoms with Crippen molar-refractivity contribution >= 4 is 12.2 Å². The highest BCUT2D eigenvalue weighted by Gasteiger charge is 2.18. The molecule has 0 radical (unpaired) electrons. The normalized spacial score (nSPS) is 18.1. The van der Waals surface area contributed by atoms with Crippen LogP contribution in [0.5, 0.6) is 5.75 Å². The SMILES string of the molecule is COc1ccc(C(=O)O)cc1CN1N=CCC1C. The van der Waals surface area contributed by atoms with Gasteiger partial charge in [-0.1, -0.05) is 0 Å². The molecule has 0 spiro atoms. The molecule has 1 N–H and O–H groups in total. The molecular weight excluding hydrogens is 232 g/mol. The lowest BCUT2D eigenvalue weighted by atomic mass is 10.1. The second-order valence-electron chi connectivity index (χ2n) is 4.31. The Morgan fingerprint density at radius 1 is 1.61 bits per heavy atom. The summed E-state index contributed by atoms with van der Waals surface area (Å²) in [5, 5.41) is 15.2. The average Bonchev–Trinajstić information content (AvgIpc) is 2.75. The van der Waals surface area contributed by atoms with Crippen LogP contribution in [0.1, 0.15) is 29.3 Å². The smallest absolute Gasteiger partial charge is 0.335 e. The van der Waals surface area contributed by atoms with Gasteiger partial charge >= 0.3 is 5.97 Å². The highest BCUT2D eigenvalue weighted by molar-refractivity contribution is 5.88. The summed E-state index contributed by atoms with van der Waals surface area (Å²) < 4.78 is 5.25. The number of carboxylic acid groups (broad SMARTS) is 1. The molecule has 0 saturated carbocycles. The van der Waals surface area contributed by atoms with Gasteiger partial charge in [-0.2, -0.15) is 5.10 Å². The Labute approximate surface area is 106 Å². The summed E-state index contributed by atoms with van der Waals surface area (Å²) in [4.78, 5) is 11.0. The number of carboxylic acids is 1. The molecular formula is C13H16N2O3. The van der Waals surface area contributed by atoms with E-state index in [0.717, 1.165) is 12.0 Å². The number of methoxy groups -OCH3 is 1. The number of nitrogens with zero attached hydrogens (tertiary/aromatic N) is 2. The van der Waals surface area contributed by atoms with E-state index in [1.807, 2.05) is 11.2 Å². The zero-order valence-electron chi connectivity index (χ0n) is 10.5. The van der Waals surface area contributed by atoms with E-state index in [9.17, 15) is 4.79 Å². The van der Waals surface area contributed by atoms with Crippen LogP contribution in [0, 0.1) is 0 Å². The Morgan fingerprint density at radius 2 is 2.39 bits per heavy atom. The molecule has 5 heteroatoms. The predicted octanol–water partition coefficient (Wildman–Crippen LogP) is 1.97. The van der Waals surface area contributed by atoms with Gasteiger partial charge in [0.1, 0.15) is 5.75 Å². The van der Waals surface area contributed by atoms with Crippen LogP contribution in [0.3, 0.4) is 0 Å². The minimum atomic E-state index is -0.933. The van der Waals surface area contributed by atoms with Gasteiger partial charge in [-0.25, -0.2) is 4.79 Å². The third-order valence-corrected chi connectivity index (χ3v) is 3.04. The Kier molecular flexibility index (Phi) is 3.50. The molecule has 96 valence electrons. The second-order valence-corrected chi connectivity index (χ2v) is 4.31. The van der Waals surface area contributed by atoms with Crippen molar-refractivity contribution in [3.05, 3.63) is 29.3 Å². The van der Waals surface area contributed by atoms with Gasteiger partial charge in [-0.15, -0.1) is 0 Å². The lowest BCUT2D eigenvalue weighted by Crippen LogP contribution is -2.23. The van der Waals surface area contributed by atoms with Gasteiger partial charge in [-0.3, -0.25) is 5.01 Å². The van der Waals surface area contributed by atoms with E-state index in [1.54, 1.807) is 25.3 Å². The molecule has 0 fully saturated rings. The van der Waals surface area contributed by atoms with E-state index in [2.05, 4.69) is 12.0 Å². The maximum atomic E-state index is 11.0. The van der Waals surface area contributed by atoms with Crippen LogP contribution < -0.4 is 4.74 Å². The lowest BCUT2D eigenvalue weighted by Gasteiger charge is -2.21. The van der Waals surface area contributed by atoms with Crippen LogP contribution in [-0.4, -0.2) is 35.5 Å². The molecule has 0 bridgehead atoms. The summed E-state index contributed by atoms with van der Waals surface area (Å²) in [7, 11) is 1.58. The van der Waals surface area contributed by atoms with Gasteiger partial charge in [0.15, 0.2) is 0 Å². The van der Waals surface area contributed by atoms with Crippen molar-refractivity contribution in [2.75, 3.05) is 7.11 Å². The molecule has 5 nitrogen and oxygen atoms in total. The molecule has 18 heavy (non-hydrogen) atoms. The van der Waals surface area contributed by atoms with E-state index in [1.165, 1.54) is 0 Å². The molecule has 1 atom stereocenters. The van der Waals surface area contributed by atoms with Crippen LogP contribution >= 0.6 is 0 Å². The number of hydrazone groups is 1.